The van der Waals surface area contributed by atoms with Crippen LogP contribution < -0.4 is 10.4 Å². The van der Waals surface area contributed by atoms with Gasteiger partial charge in [0, 0.05) is 16.3 Å². The van der Waals surface area contributed by atoms with Crippen LogP contribution in [0.3, 0.4) is 0 Å². The van der Waals surface area contributed by atoms with Crippen LogP contribution in [-0.4, -0.2) is 30.5 Å². The van der Waals surface area contributed by atoms with Gasteiger partial charge in [-0.15, -0.1) is 0 Å². The number of fused-ring (bicyclic) bond motifs is 9. The van der Waals surface area contributed by atoms with E-state index in [4.69, 9.17) is 9.97 Å². The molecule has 1 aliphatic heterocycles. The highest BCUT2D eigenvalue weighted by Gasteiger charge is 2.44. The van der Waals surface area contributed by atoms with Gasteiger partial charge in [0.25, 0.3) is 0 Å². The first kappa shape index (κ1) is 36.2. The van der Waals surface area contributed by atoms with E-state index >= 15 is 0 Å². The normalized spacial score (nSPS) is 12.9. The molecule has 0 aliphatic carbocycles. The zero-order valence-corrected chi connectivity index (χ0v) is 35.0. The Hall–Kier alpha value is -6.86. The standard InChI is InChI=1S/C53H47BN6/c1-33(2)37-31-40(34(3)4)51(41(32-37)35(5)6)54-59-46-27-16-12-23-42(46)55-52(59)58(53-56-43-24-13-17-28-47(43)60(53)54)49-30-18-29-48-50(49)39-22-11-15-26-45(39)57(48)44-25-14-10-21-38(44)36-19-8-7-9-20-36/h7-35H,1-6H3. The minimum Gasteiger partial charge on any atom is -0.329 e. The van der Waals surface area contributed by atoms with Gasteiger partial charge < -0.3 is 13.5 Å². The van der Waals surface area contributed by atoms with E-state index in [1.54, 1.807) is 0 Å². The average Bonchev–Trinajstić information content (AvgIpc) is 3.95. The molecule has 0 unspecified atom stereocenters. The van der Waals surface area contributed by atoms with Crippen LogP contribution in [-0.2, 0) is 0 Å². The van der Waals surface area contributed by atoms with E-state index in [1.165, 1.54) is 38.7 Å². The lowest BCUT2D eigenvalue weighted by molar-refractivity contribution is 0.809. The van der Waals surface area contributed by atoms with Crippen LogP contribution in [0, 0.1) is 0 Å². The fourth-order valence-electron chi connectivity index (χ4n) is 9.83. The average molecular weight is 779 g/mol. The summed E-state index contributed by atoms with van der Waals surface area (Å²) in [4.78, 5) is 13.5. The van der Waals surface area contributed by atoms with Crippen LogP contribution in [0.2, 0.25) is 0 Å². The van der Waals surface area contributed by atoms with Gasteiger partial charge in [0.1, 0.15) is 0 Å². The van der Waals surface area contributed by atoms with Gasteiger partial charge in [-0.1, -0.05) is 151 Å². The third kappa shape index (κ3) is 5.34. The highest BCUT2D eigenvalue weighted by molar-refractivity contribution is 6.74. The van der Waals surface area contributed by atoms with E-state index in [9.17, 15) is 0 Å². The van der Waals surface area contributed by atoms with E-state index in [0.717, 1.165) is 61.8 Å². The molecule has 1 aliphatic rings. The molecule has 60 heavy (non-hydrogen) atoms. The molecule has 4 heterocycles. The molecule has 7 aromatic carbocycles. The smallest absolute Gasteiger partial charge is 0.329 e. The Morgan fingerprint density at radius 2 is 0.983 bits per heavy atom. The van der Waals surface area contributed by atoms with Crippen molar-refractivity contribution in [2.75, 3.05) is 4.90 Å². The second kappa shape index (κ2) is 13.9. The number of hydrogen-bond acceptors (Lipinski definition) is 3. The number of rotatable bonds is 7. The maximum atomic E-state index is 5.59. The lowest BCUT2D eigenvalue weighted by Crippen LogP contribution is -2.53. The Morgan fingerprint density at radius 1 is 0.467 bits per heavy atom. The Bertz CT molecular complexity index is 3160. The zero-order valence-electron chi connectivity index (χ0n) is 35.0. The molecule has 7 heteroatoms. The van der Waals surface area contributed by atoms with Crippen molar-refractivity contribution in [3.63, 3.8) is 0 Å². The van der Waals surface area contributed by atoms with Crippen molar-refractivity contribution >= 4 is 73.9 Å². The van der Waals surface area contributed by atoms with Crippen molar-refractivity contribution in [3.05, 3.63) is 174 Å². The molecule has 0 atom stereocenters. The number of para-hydroxylation sites is 6. The number of anilines is 3. The van der Waals surface area contributed by atoms with Gasteiger partial charge in [-0.3, -0.25) is 4.90 Å². The summed E-state index contributed by atoms with van der Waals surface area (Å²) >= 11 is 0. The summed E-state index contributed by atoms with van der Waals surface area (Å²) in [6.07, 6.45) is 0. The van der Waals surface area contributed by atoms with Crippen LogP contribution in [0.4, 0.5) is 17.6 Å². The number of hydrogen-bond donors (Lipinski definition) is 0. The zero-order chi connectivity index (χ0) is 40.8. The molecular weight excluding hydrogens is 731 g/mol. The van der Waals surface area contributed by atoms with Crippen molar-refractivity contribution < 1.29 is 0 Å². The number of nitrogens with zero attached hydrogens (tertiary/aromatic N) is 6. The molecule has 0 saturated heterocycles. The maximum absolute atomic E-state index is 5.59. The molecule has 11 rings (SSSR count). The third-order valence-electron chi connectivity index (χ3n) is 12.6. The molecule has 0 spiro atoms. The second-order valence-electron chi connectivity index (χ2n) is 17.2. The Morgan fingerprint density at radius 3 is 1.60 bits per heavy atom. The number of aromatic nitrogens is 5. The van der Waals surface area contributed by atoms with Gasteiger partial charge in [-0.05, 0) is 94.0 Å². The minimum absolute atomic E-state index is 0.236. The van der Waals surface area contributed by atoms with Gasteiger partial charge in [-0.2, -0.15) is 0 Å². The second-order valence-corrected chi connectivity index (χ2v) is 17.2. The molecule has 3 aromatic heterocycles. The minimum atomic E-state index is -0.236. The molecular formula is C53H47BN6. The Balaban J connectivity index is 1.26. The van der Waals surface area contributed by atoms with E-state index in [0.29, 0.717) is 17.8 Å². The molecule has 292 valence electrons. The quantitative estimate of drug-likeness (QED) is 0.151. The van der Waals surface area contributed by atoms with Gasteiger partial charge in [0.05, 0.1) is 44.5 Å². The Kier molecular flexibility index (Phi) is 8.38. The van der Waals surface area contributed by atoms with E-state index in [1.807, 2.05) is 0 Å². The fourth-order valence-corrected chi connectivity index (χ4v) is 9.83. The van der Waals surface area contributed by atoms with E-state index in [-0.39, 0.29) is 6.98 Å². The highest BCUT2D eigenvalue weighted by atomic mass is 15.4. The van der Waals surface area contributed by atoms with Crippen LogP contribution in [0.5, 0.6) is 0 Å². The molecule has 0 N–H and O–H groups in total. The maximum Gasteiger partial charge on any atom is 0.426 e. The highest BCUT2D eigenvalue weighted by Crippen LogP contribution is 2.47. The summed E-state index contributed by atoms with van der Waals surface area (Å²) < 4.78 is 7.44. The molecule has 6 nitrogen and oxygen atoms in total. The summed E-state index contributed by atoms with van der Waals surface area (Å²) in [7, 11) is 0. The van der Waals surface area contributed by atoms with Gasteiger partial charge in [-0.25, -0.2) is 9.97 Å². The molecule has 0 fully saturated rings. The van der Waals surface area contributed by atoms with Crippen molar-refractivity contribution in [3.8, 4) is 16.8 Å². The summed E-state index contributed by atoms with van der Waals surface area (Å²) in [6.45, 7) is 13.7. The number of imidazole rings is 2. The molecule has 0 amide bonds. The van der Waals surface area contributed by atoms with Crippen LogP contribution in [0.15, 0.2) is 158 Å². The molecule has 10 aromatic rings. The predicted octanol–water partition coefficient (Wildman–Crippen LogP) is 13.1. The van der Waals surface area contributed by atoms with Crippen molar-refractivity contribution in [1.29, 1.82) is 0 Å². The molecule has 0 saturated carbocycles. The summed E-state index contributed by atoms with van der Waals surface area (Å²) in [5.41, 5.74) is 16.4. The predicted molar refractivity (Wildman–Crippen MR) is 252 cm³/mol. The summed E-state index contributed by atoms with van der Waals surface area (Å²) in [6, 6.07) is 57.2. The third-order valence-corrected chi connectivity index (χ3v) is 12.6. The fraction of sp³-hybridized carbons (Fsp3) is 0.170. The van der Waals surface area contributed by atoms with Gasteiger partial charge in [0.15, 0.2) is 0 Å². The molecule has 0 bridgehead atoms. The van der Waals surface area contributed by atoms with Crippen LogP contribution in [0.25, 0.3) is 60.7 Å². The van der Waals surface area contributed by atoms with Crippen molar-refractivity contribution in [2.24, 2.45) is 0 Å². The monoisotopic (exact) mass is 778 g/mol. The van der Waals surface area contributed by atoms with Crippen molar-refractivity contribution in [1.82, 2.24) is 23.5 Å². The summed E-state index contributed by atoms with van der Waals surface area (Å²) in [5, 5.41) is 2.32. The molecule has 0 radical (unpaired) electrons. The van der Waals surface area contributed by atoms with Crippen LogP contribution in [0.1, 0.15) is 76.0 Å². The lowest BCUT2D eigenvalue weighted by atomic mass is 9.59. The van der Waals surface area contributed by atoms with Gasteiger partial charge >= 0.3 is 6.98 Å². The number of benzene rings is 7. The SMILES string of the molecule is CC(C)c1cc(C(C)C)c(B2n3c(nc4ccccc43)N(c3cccc4c3c3ccccc3n4-c3ccccc3-c3ccccc3)c3nc4ccccc4n32)c(C(C)C)c1. The first-order chi connectivity index (χ1) is 29.3. The summed E-state index contributed by atoms with van der Waals surface area (Å²) in [5.74, 6) is 2.71. The van der Waals surface area contributed by atoms with Gasteiger partial charge in [0.2, 0.25) is 11.9 Å². The Labute approximate surface area is 351 Å². The van der Waals surface area contributed by atoms with E-state index in [2.05, 4.69) is 218 Å². The van der Waals surface area contributed by atoms with Crippen LogP contribution >= 0.6 is 0 Å². The van der Waals surface area contributed by atoms with Crippen molar-refractivity contribution in [2.45, 2.75) is 59.3 Å². The van der Waals surface area contributed by atoms with E-state index < -0.39 is 0 Å². The first-order valence-corrected chi connectivity index (χ1v) is 21.4. The lowest BCUT2D eigenvalue weighted by Gasteiger charge is -2.36. The topological polar surface area (TPSA) is 43.8 Å². The largest absolute Gasteiger partial charge is 0.426 e. The first-order valence-electron chi connectivity index (χ1n) is 21.4.